The molecule has 1 heterocycles. The summed E-state index contributed by atoms with van der Waals surface area (Å²) in [6.45, 7) is 10.8. The Morgan fingerprint density at radius 3 is 2.28 bits per heavy atom. The van der Waals surface area contributed by atoms with E-state index in [0.717, 1.165) is 6.54 Å². The first-order valence-electron chi connectivity index (χ1n) is 6.35. The molecule has 0 aliphatic carbocycles. The van der Waals surface area contributed by atoms with Crippen molar-refractivity contribution < 1.29 is 4.79 Å². The van der Waals surface area contributed by atoms with Gasteiger partial charge in [0, 0.05) is 19.6 Å². The molecule has 0 aliphatic heterocycles. The van der Waals surface area contributed by atoms with Crippen LogP contribution in [0.25, 0.3) is 0 Å². The number of rotatable bonds is 4. The quantitative estimate of drug-likeness (QED) is 0.889. The Balaban J connectivity index is 3.10. The molecule has 1 aromatic heterocycles. The maximum Gasteiger partial charge on any atom is 0.274 e. The Hall–Kier alpha value is -1.52. The van der Waals surface area contributed by atoms with Crippen LogP contribution in [0.15, 0.2) is 0 Å². The highest BCUT2D eigenvalue weighted by Crippen LogP contribution is 2.19. The monoisotopic (exact) mass is 252 g/mol. The molecule has 0 aromatic carbocycles. The van der Waals surface area contributed by atoms with Gasteiger partial charge in [-0.2, -0.15) is 5.10 Å². The van der Waals surface area contributed by atoms with Gasteiger partial charge in [-0.15, -0.1) is 0 Å². The fraction of sp³-hybridized carbons (Fsp3) is 0.692. The SMILES string of the molecule is Cc1nn(C)c(C(=O)N(CC(C)C)C(C)C)c1N. The Labute approximate surface area is 109 Å². The number of aromatic nitrogens is 2. The Morgan fingerprint density at radius 2 is 1.94 bits per heavy atom. The van der Waals surface area contributed by atoms with Gasteiger partial charge in [-0.1, -0.05) is 13.8 Å². The molecule has 0 radical (unpaired) electrons. The van der Waals surface area contributed by atoms with Gasteiger partial charge in [0.25, 0.3) is 5.91 Å². The third kappa shape index (κ3) is 2.83. The highest BCUT2D eigenvalue weighted by atomic mass is 16.2. The lowest BCUT2D eigenvalue weighted by Crippen LogP contribution is -2.40. The second-order valence-corrected chi connectivity index (χ2v) is 5.42. The first-order valence-corrected chi connectivity index (χ1v) is 6.35. The van der Waals surface area contributed by atoms with Crippen LogP contribution >= 0.6 is 0 Å². The Bertz CT molecular complexity index is 434. The summed E-state index contributed by atoms with van der Waals surface area (Å²) >= 11 is 0. The summed E-state index contributed by atoms with van der Waals surface area (Å²) in [5, 5.41) is 4.20. The average Bonchev–Trinajstić information content (AvgIpc) is 2.48. The summed E-state index contributed by atoms with van der Waals surface area (Å²) in [7, 11) is 1.75. The van der Waals surface area contributed by atoms with Crippen molar-refractivity contribution >= 4 is 11.6 Å². The molecular weight excluding hydrogens is 228 g/mol. The molecule has 5 nitrogen and oxygen atoms in total. The van der Waals surface area contributed by atoms with Gasteiger partial charge >= 0.3 is 0 Å². The maximum atomic E-state index is 12.6. The van der Waals surface area contributed by atoms with E-state index in [1.54, 1.807) is 11.7 Å². The molecule has 0 saturated heterocycles. The summed E-state index contributed by atoms with van der Waals surface area (Å²) in [4.78, 5) is 14.4. The second kappa shape index (κ2) is 5.42. The minimum absolute atomic E-state index is 0.0423. The van der Waals surface area contributed by atoms with Crippen LogP contribution in [0.3, 0.4) is 0 Å². The van der Waals surface area contributed by atoms with Gasteiger partial charge in [-0.3, -0.25) is 9.48 Å². The van der Waals surface area contributed by atoms with Crippen LogP contribution in [0.5, 0.6) is 0 Å². The fourth-order valence-corrected chi connectivity index (χ4v) is 1.99. The third-order valence-corrected chi connectivity index (χ3v) is 2.92. The highest BCUT2D eigenvalue weighted by Gasteiger charge is 2.25. The van der Waals surface area contributed by atoms with Crippen molar-refractivity contribution in [2.75, 3.05) is 12.3 Å². The minimum Gasteiger partial charge on any atom is -0.395 e. The molecule has 2 N–H and O–H groups in total. The predicted molar refractivity (Wildman–Crippen MR) is 73.4 cm³/mol. The highest BCUT2D eigenvalue weighted by molar-refractivity contribution is 5.98. The summed E-state index contributed by atoms with van der Waals surface area (Å²) in [6.07, 6.45) is 0. The van der Waals surface area contributed by atoms with Crippen LogP contribution < -0.4 is 5.73 Å². The van der Waals surface area contributed by atoms with Gasteiger partial charge in [0.2, 0.25) is 0 Å². The summed E-state index contributed by atoms with van der Waals surface area (Å²) in [5.74, 6) is 0.381. The van der Waals surface area contributed by atoms with Gasteiger partial charge < -0.3 is 10.6 Å². The lowest BCUT2D eigenvalue weighted by molar-refractivity contribution is 0.0672. The Kier molecular flexibility index (Phi) is 4.38. The number of nitrogens with two attached hydrogens (primary N) is 1. The zero-order chi connectivity index (χ0) is 14.0. The van der Waals surface area contributed by atoms with E-state index in [-0.39, 0.29) is 11.9 Å². The predicted octanol–water partition coefficient (Wildman–Crippen LogP) is 1.82. The van der Waals surface area contributed by atoms with Gasteiger partial charge in [0.05, 0.1) is 11.4 Å². The van der Waals surface area contributed by atoms with E-state index in [2.05, 4.69) is 18.9 Å². The van der Waals surface area contributed by atoms with Crippen LogP contribution in [0.4, 0.5) is 5.69 Å². The normalized spacial score (nSPS) is 11.3. The van der Waals surface area contributed by atoms with E-state index >= 15 is 0 Å². The molecule has 0 fully saturated rings. The van der Waals surface area contributed by atoms with E-state index in [4.69, 9.17) is 5.73 Å². The van der Waals surface area contributed by atoms with Crippen molar-refractivity contribution in [3.63, 3.8) is 0 Å². The molecule has 18 heavy (non-hydrogen) atoms. The summed E-state index contributed by atoms with van der Waals surface area (Å²) in [5.41, 5.74) is 7.62. The molecule has 0 saturated carbocycles. The lowest BCUT2D eigenvalue weighted by Gasteiger charge is -2.28. The van der Waals surface area contributed by atoms with Crippen LogP contribution in [0, 0.1) is 12.8 Å². The van der Waals surface area contributed by atoms with Crippen molar-refractivity contribution in [1.29, 1.82) is 0 Å². The van der Waals surface area contributed by atoms with E-state index in [0.29, 0.717) is 23.0 Å². The molecule has 5 heteroatoms. The van der Waals surface area contributed by atoms with E-state index in [1.807, 2.05) is 25.7 Å². The van der Waals surface area contributed by atoms with Crippen LogP contribution in [-0.2, 0) is 7.05 Å². The van der Waals surface area contributed by atoms with Gasteiger partial charge in [-0.05, 0) is 26.7 Å². The smallest absolute Gasteiger partial charge is 0.274 e. The molecule has 0 atom stereocenters. The number of carbonyl (C=O) groups is 1. The molecule has 0 bridgehead atoms. The van der Waals surface area contributed by atoms with Crippen molar-refractivity contribution in [2.24, 2.45) is 13.0 Å². The Morgan fingerprint density at radius 1 is 1.39 bits per heavy atom. The summed E-state index contributed by atoms with van der Waals surface area (Å²) < 4.78 is 1.57. The fourth-order valence-electron chi connectivity index (χ4n) is 1.99. The number of hydrogen-bond acceptors (Lipinski definition) is 3. The second-order valence-electron chi connectivity index (χ2n) is 5.42. The number of nitrogen functional groups attached to an aromatic ring is 1. The van der Waals surface area contributed by atoms with Crippen molar-refractivity contribution in [3.8, 4) is 0 Å². The van der Waals surface area contributed by atoms with Gasteiger partial charge in [0.1, 0.15) is 5.69 Å². The van der Waals surface area contributed by atoms with E-state index in [1.165, 1.54) is 0 Å². The molecule has 0 spiro atoms. The molecule has 1 aromatic rings. The van der Waals surface area contributed by atoms with E-state index in [9.17, 15) is 4.79 Å². The molecule has 0 unspecified atom stereocenters. The molecule has 1 amide bonds. The van der Waals surface area contributed by atoms with Crippen LogP contribution in [0.2, 0.25) is 0 Å². The summed E-state index contributed by atoms with van der Waals surface area (Å²) in [6, 6.07) is 0.148. The molecule has 1 rings (SSSR count). The van der Waals surface area contributed by atoms with Crippen molar-refractivity contribution in [2.45, 2.75) is 40.7 Å². The first-order chi connectivity index (χ1) is 8.25. The number of amides is 1. The molecule has 102 valence electrons. The molecule has 0 aliphatic rings. The number of hydrogen-bond donors (Lipinski definition) is 1. The van der Waals surface area contributed by atoms with Gasteiger partial charge in [-0.25, -0.2) is 0 Å². The first kappa shape index (κ1) is 14.5. The largest absolute Gasteiger partial charge is 0.395 e. The van der Waals surface area contributed by atoms with Crippen molar-refractivity contribution in [1.82, 2.24) is 14.7 Å². The van der Waals surface area contributed by atoms with Gasteiger partial charge in [0.15, 0.2) is 0 Å². The van der Waals surface area contributed by atoms with E-state index < -0.39 is 0 Å². The lowest BCUT2D eigenvalue weighted by atomic mass is 10.1. The van der Waals surface area contributed by atoms with Crippen LogP contribution in [0.1, 0.15) is 43.9 Å². The minimum atomic E-state index is -0.0423. The number of anilines is 1. The topological polar surface area (TPSA) is 64.2 Å². The zero-order valence-corrected chi connectivity index (χ0v) is 12.2. The number of aryl methyl sites for hydroxylation is 2. The third-order valence-electron chi connectivity index (χ3n) is 2.92. The zero-order valence-electron chi connectivity index (χ0n) is 12.2. The van der Waals surface area contributed by atoms with Crippen LogP contribution in [-0.4, -0.2) is 33.2 Å². The standard InChI is InChI=1S/C13H24N4O/c1-8(2)7-17(9(3)4)13(18)12-11(14)10(5)15-16(12)6/h8-9H,7,14H2,1-6H3. The maximum absolute atomic E-state index is 12.6. The average molecular weight is 252 g/mol. The number of nitrogens with zero attached hydrogens (tertiary/aromatic N) is 3. The molecular formula is C13H24N4O. The van der Waals surface area contributed by atoms with Crippen molar-refractivity contribution in [3.05, 3.63) is 11.4 Å². The number of carbonyl (C=O) groups excluding carboxylic acids is 1.